The summed E-state index contributed by atoms with van der Waals surface area (Å²) in [5, 5.41) is 9.39. The number of ether oxygens (including phenoxy) is 1. The van der Waals surface area contributed by atoms with Crippen molar-refractivity contribution in [2.75, 3.05) is 42.6 Å². The number of aromatic nitrogens is 1. The Morgan fingerprint density at radius 1 is 1.19 bits per heavy atom. The largest absolute Gasteiger partial charge is 0.478 e. The smallest absolute Gasteiger partial charge is 0.215 e. The van der Waals surface area contributed by atoms with Crippen LogP contribution in [0.2, 0.25) is 0 Å². The fourth-order valence-electron chi connectivity index (χ4n) is 3.09. The van der Waals surface area contributed by atoms with Gasteiger partial charge in [-0.1, -0.05) is 6.07 Å². The summed E-state index contributed by atoms with van der Waals surface area (Å²) in [4.78, 5) is 20.6. The topological polar surface area (TPSA) is 69.5 Å². The lowest BCUT2D eigenvalue weighted by Gasteiger charge is -2.37. The Kier molecular flexibility index (Phi) is 5.37. The molecule has 6 nitrogen and oxygen atoms in total. The molecule has 0 aliphatic carbocycles. The summed E-state index contributed by atoms with van der Waals surface area (Å²) in [6, 6.07) is 13.3. The molecule has 1 saturated heterocycles. The van der Waals surface area contributed by atoms with Gasteiger partial charge in [-0.15, -0.1) is 0 Å². The molecule has 0 unspecified atom stereocenters. The number of carbonyl (C=O) groups excluding carboxylic acids is 1. The van der Waals surface area contributed by atoms with Gasteiger partial charge in [0.2, 0.25) is 5.88 Å². The van der Waals surface area contributed by atoms with Crippen LogP contribution in [-0.2, 0) is 0 Å². The molecule has 0 saturated carbocycles. The minimum absolute atomic E-state index is 0.00585. The first-order valence-electron chi connectivity index (χ1n) is 8.77. The Morgan fingerprint density at radius 2 is 1.92 bits per heavy atom. The van der Waals surface area contributed by atoms with Gasteiger partial charge >= 0.3 is 0 Å². The Labute approximate surface area is 153 Å². The third kappa shape index (κ3) is 3.77. The molecule has 0 bridgehead atoms. The number of Topliss-reactive ketones (excluding diaryl/α,β-unsaturated/α-hetero) is 1. The van der Waals surface area contributed by atoms with Crippen LogP contribution < -0.4 is 14.5 Å². The van der Waals surface area contributed by atoms with Crippen molar-refractivity contribution in [2.45, 2.75) is 13.8 Å². The van der Waals surface area contributed by atoms with Gasteiger partial charge in [-0.05, 0) is 38.1 Å². The lowest BCUT2D eigenvalue weighted by Crippen LogP contribution is -2.47. The Hall–Kier alpha value is -3.07. The van der Waals surface area contributed by atoms with Gasteiger partial charge in [-0.25, -0.2) is 0 Å². The summed E-state index contributed by atoms with van der Waals surface area (Å²) in [6.07, 6.45) is 0. The SMILES string of the molecule is CCOc1cccc(N2CCN(c3cc(C(C)=O)ccc3C#N)CC2)n1. The van der Waals surface area contributed by atoms with Gasteiger partial charge in [0, 0.05) is 37.8 Å². The molecule has 0 spiro atoms. The summed E-state index contributed by atoms with van der Waals surface area (Å²) >= 11 is 0. The third-order valence-corrected chi connectivity index (χ3v) is 4.47. The molecule has 1 aliphatic rings. The number of benzene rings is 1. The monoisotopic (exact) mass is 350 g/mol. The zero-order valence-electron chi connectivity index (χ0n) is 15.1. The highest BCUT2D eigenvalue weighted by Crippen LogP contribution is 2.25. The van der Waals surface area contributed by atoms with Crippen LogP contribution >= 0.6 is 0 Å². The van der Waals surface area contributed by atoms with Crippen molar-refractivity contribution < 1.29 is 9.53 Å². The number of hydrogen-bond acceptors (Lipinski definition) is 6. The number of pyridine rings is 1. The predicted octanol–water partition coefficient (Wildman–Crippen LogP) is 2.88. The van der Waals surface area contributed by atoms with E-state index in [-0.39, 0.29) is 5.78 Å². The average molecular weight is 350 g/mol. The van der Waals surface area contributed by atoms with E-state index in [9.17, 15) is 10.1 Å². The van der Waals surface area contributed by atoms with Gasteiger partial charge in [-0.3, -0.25) is 4.79 Å². The fourth-order valence-corrected chi connectivity index (χ4v) is 3.09. The number of rotatable bonds is 5. The first kappa shape index (κ1) is 17.7. The van der Waals surface area contributed by atoms with Crippen molar-refractivity contribution in [2.24, 2.45) is 0 Å². The second-order valence-electron chi connectivity index (χ2n) is 6.14. The molecule has 3 rings (SSSR count). The van der Waals surface area contributed by atoms with Crippen LogP contribution in [0.4, 0.5) is 11.5 Å². The summed E-state index contributed by atoms with van der Waals surface area (Å²) in [7, 11) is 0. The Balaban J connectivity index is 1.75. The van der Waals surface area contributed by atoms with E-state index in [2.05, 4.69) is 20.9 Å². The van der Waals surface area contributed by atoms with E-state index in [1.165, 1.54) is 0 Å². The minimum atomic E-state index is 0.00585. The standard InChI is InChI=1S/C20H22N4O2/c1-3-26-20-6-4-5-19(22-20)24-11-9-23(10-12-24)18-13-16(15(2)25)7-8-17(18)14-21/h4-8,13H,3,9-12H2,1-2H3. The number of carbonyl (C=O) groups is 1. The highest BCUT2D eigenvalue weighted by atomic mass is 16.5. The first-order chi connectivity index (χ1) is 12.6. The van der Waals surface area contributed by atoms with Crippen molar-refractivity contribution >= 4 is 17.3 Å². The number of nitrogens with zero attached hydrogens (tertiary/aromatic N) is 4. The summed E-state index contributed by atoms with van der Waals surface area (Å²) in [6.45, 7) is 7.17. The number of hydrogen-bond donors (Lipinski definition) is 0. The summed E-state index contributed by atoms with van der Waals surface area (Å²) in [5.74, 6) is 1.54. The van der Waals surface area contributed by atoms with E-state index in [0.717, 1.165) is 37.7 Å². The first-order valence-corrected chi connectivity index (χ1v) is 8.77. The molecule has 0 amide bonds. The Bertz CT molecular complexity index is 836. The molecule has 1 fully saturated rings. The van der Waals surface area contributed by atoms with Gasteiger partial charge in [0.05, 0.1) is 17.9 Å². The molecule has 134 valence electrons. The van der Waals surface area contributed by atoms with Gasteiger partial charge in [0.25, 0.3) is 0 Å². The second kappa shape index (κ2) is 7.87. The molecule has 1 aliphatic heterocycles. The number of ketones is 1. The maximum Gasteiger partial charge on any atom is 0.215 e. The highest BCUT2D eigenvalue weighted by molar-refractivity contribution is 5.95. The molecule has 0 radical (unpaired) electrons. The van der Waals surface area contributed by atoms with E-state index in [0.29, 0.717) is 23.6 Å². The average Bonchev–Trinajstić information content (AvgIpc) is 2.68. The van der Waals surface area contributed by atoms with E-state index < -0.39 is 0 Å². The molecule has 1 aromatic carbocycles. The maximum atomic E-state index is 11.7. The number of nitriles is 1. The predicted molar refractivity (Wildman–Crippen MR) is 101 cm³/mol. The van der Waals surface area contributed by atoms with Crippen LogP contribution in [0, 0.1) is 11.3 Å². The molecule has 2 heterocycles. The van der Waals surface area contributed by atoms with Crippen molar-refractivity contribution in [3.63, 3.8) is 0 Å². The van der Waals surface area contributed by atoms with Gasteiger partial charge < -0.3 is 14.5 Å². The number of piperazine rings is 1. The van der Waals surface area contributed by atoms with Gasteiger partial charge in [0.1, 0.15) is 11.9 Å². The quantitative estimate of drug-likeness (QED) is 0.772. The summed E-state index contributed by atoms with van der Waals surface area (Å²) < 4.78 is 5.48. The minimum Gasteiger partial charge on any atom is -0.478 e. The maximum absolute atomic E-state index is 11.7. The molecular formula is C20H22N4O2. The van der Waals surface area contributed by atoms with E-state index >= 15 is 0 Å². The molecule has 0 N–H and O–H groups in total. The van der Waals surface area contributed by atoms with Crippen LogP contribution in [0.15, 0.2) is 36.4 Å². The van der Waals surface area contributed by atoms with Crippen LogP contribution in [0.5, 0.6) is 5.88 Å². The van der Waals surface area contributed by atoms with E-state index in [4.69, 9.17) is 4.74 Å². The van der Waals surface area contributed by atoms with E-state index in [1.54, 1.807) is 19.1 Å². The fraction of sp³-hybridized carbons (Fsp3) is 0.350. The molecule has 0 atom stereocenters. The van der Waals surface area contributed by atoms with Crippen LogP contribution in [0.1, 0.15) is 29.8 Å². The molecule has 6 heteroatoms. The van der Waals surface area contributed by atoms with Gasteiger partial charge in [-0.2, -0.15) is 10.2 Å². The van der Waals surface area contributed by atoms with E-state index in [1.807, 2.05) is 31.2 Å². The third-order valence-electron chi connectivity index (χ3n) is 4.47. The Morgan fingerprint density at radius 3 is 2.58 bits per heavy atom. The second-order valence-corrected chi connectivity index (χ2v) is 6.14. The highest BCUT2D eigenvalue weighted by Gasteiger charge is 2.21. The van der Waals surface area contributed by atoms with Crippen molar-refractivity contribution in [3.05, 3.63) is 47.5 Å². The van der Waals surface area contributed by atoms with Crippen molar-refractivity contribution in [3.8, 4) is 11.9 Å². The molecule has 26 heavy (non-hydrogen) atoms. The van der Waals surface area contributed by atoms with Crippen molar-refractivity contribution in [1.29, 1.82) is 5.26 Å². The van der Waals surface area contributed by atoms with Crippen molar-refractivity contribution in [1.82, 2.24) is 4.98 Å². The molecule has 1 aromatic heterocycles. The zero-order valence-corrected chi connectivity index (χ0v) is 15.1. The molecular weight excluding hydrogens is 328 g/mol. The lowest BCUT2D eigenvalue weighted by molar-refractivity contribution is 0.101. The molecule has 2 aromatic rings. The van der Waals surface area contributed by atoms with Crippen LogP contribution in [0.25, 0.3) is 0 Å². The van der Waals surface area contributed by atoms with Crippen LogP contribution in [-0.4, -0.2) is 43.6 Å². The lowest BCUT2D eigenvalue weighted by atomic mass is 10.1. The van der Waals surface area contributed by atoms with Crippen LogP contribution in [0.3, 0.4) is 0 Å². The normalized spacial score (nSPS) is 14.0. The summed E-state index contributed by atoms with van der Waals surface area (Å²) in [5.41, 5.74) is 2.06. The van der Waals surface area contributed by atoms with Gasteiger partial charge in [0.15, 0.2) is 5.78 Å². The number of anilines is 2. The zero-order chi connectivity index (χ0) is 18.5.